The van der Waals surface area contributed by atoms with Crippen LogP contribution >= 0.6 is 0 Å². The van der Waals surface area contributed by atoms with Crippen molar-refractivity contribution in [3.05, 3.63) is 60.8 Å². The maximum absolute atomic E-state index is 12.4. The van der Waals surface area contributed by atoms with Crippen LogP contribution < -0.4 is 9.05 Å². The molecule has 0 radical (unpaired) electrons. The molecule has 0 aliphatic carbocycles. The maximum atomic E-state index is 12.4. The van der Waals surface area contributed by atoms with E-state index in [0.29, 0.717) is 4.59 Å². The van der Waals surface area contributed by atoms with E-state index in [-0.39, 0.29) is 0 Å². The van der Waals surface area contributed by atoms with Crippen LogP contribution in [-0.4, -0.2) is 23.8 Å². The molecule has 0 aliphatic rings. The molecule has 2 aromatic carbocycles. The second-order valence-corrected chi connectivity index (χ2v) is 6.77. The van der Waals surface area contributed by atoms with Crippen molar-refractivity contribution in [1.82, 2.24) is 9.97 Å². The second kappa shape index (κ2) is 4.76. The molecule has 1 atom stereocenters. The average molecular weight is 301 g/mol. The van der Waals surface area contributed by atoms with Crippen LogP contribution in [0.15, 0.2) is 60.8 Å². The third kappa shape index (κ3) is 2.08. The molecule has 0 bridgehead atoms. The van der Waals surface area contributed by atoms with Crippen LogP contribution in [0.5, 0.6) is 0 Å². The van der Waals surface area contributed by atoms with Crippen LogP contribution in [-0.2, 0) is 3.83 Å². The summed E-state index contributed by atoms with van der Waals surface area (Å²) in [5, 5.41) is 0. The van der Waals surface area contributed by atoms with Gasteiger partial charge in [-0.15, -0.1) is 0 Å². The Bertz CT molecular complexity index is 713. The topological polar surface area (TPSA) is 42.9 Å². The number of para-hydroxylation sites is 2. The van der Waals surface area contributed by atoms with Crippen molar-refractivity contribution in [1.29, 1.82) is 0 Å². The van der Waals surface area contributed by atoms with Gasteiger partial charge in [0.05, 0.1) is 0 Å². The summed E-state index contributed by atoms with van der Waals surface area (Å²) < 4.78 is 13.8. The summed E-state index contributed by atoms with van der Waals surface area (Å²) in [5.74, 6) is 0. The number of hydrogen-bond acceptors (Lipinski definition) is 3. The summed E-state index contributed by atoms with van der Waals surface area (Å²) in [6.45, 7) is 0. The van der Waals surface area contributed by atoms with Crippen molar-refractivity contribution in [2.24, 2.45) is 0 Å². The summed E-state index contributed by atoms with van der Waals surface area (Å²) in [6, 6.07) is 17.0. The van der Waals surface area contributed by atoms with Crippen LogP contribution in [0.3, 0.4) is 0 Å². The van der Waals surface area contributed by atoms with Gasteiger partial charge in [0.1, 0.15) is 0 Å². The molecule has 0 fully saturated rings. The van der Waals surface area contributed by atoms with E-state index in [1.807, 2.05) is 54.6 Å². The molecular weight excluding hydrogens is 291 g/mol. The molecule has 0 N–H and O–H groups in total. The third-order valence-corrected chi connectivity index (χ3v) is 5.25. The molecule has 3 aromatic rings. The van der Waals surface area contributed by atoms with Crippen molar-refractivity contribution >= 4 is 33.9 Å². The molecule has 0 aliphatic heterocycles. The van der Waals surface area contributed by atoms with E-state index >= 15 is 0 Å². The molecule has 0 spiro atoms. The summed E-state index contributed by atoms with van der Waals surface area (Å²) in [5.41, 5.74) is 1.61. The number of rotatable bonds is 2. The molecule has 1 unspecified atom stereocenters. The Labute approximate surface area is 109 Å². The summed E-state index contributed by atoms with van der Waals surface area (Å²) in [4.78, 5) is 8.73. The van der Waals surface area contributed by atoms with Gasteiger partial charge < -0.3 is 0 Å². The first-order valence-electron chi connectivity index (χ1n) is 5.53. The van der Waals surface area contributed by atoms with Crippen molar-refractivity contribution < 1.29 is 3.83 Å². The fraction of sp³-hybridized carbons (Fsp3) is 0. The summed E-state index contributed by atoms with van der Waals surface area (Å²) in [6.07, 6.45) is 1.62. The molecule has 4 heteroatoms. The second-order valence-electron chi connectivity index (χ2n) is 3.78. The normalized spacial score (nSPS) is 12.4. The van der Waals surface area contributed by atoms with E-state index in [1.165, 1.54) is 0 Å². The Morgan fingerprint density at radius 2 is 1.50 bits per heavy atom. The van der Waals surface area contributed by atoms with Gasteiger partial charge in [-0.1, -0.05) is 0 Å². The zero-order chi connectivity index (χ0) is 12.4. The quantitative estimate of drug-likeness (QED) is 0.667. The van der Waals surface area contributed by atoms with Crippen LogP contribution in [0.1, 0.15) is 0 Å². The van der Waals surface area contributed by atoms with E-state index in [9.17, 15) is 3.83 Å². The van der Waals surface area contributed by atoms with Gasteiger partial charge >= 0.3 is 109 Å². The van der Waals surface area contributed by atoms with Crippen LogP contribution in [0, 0.1) is 0 Å². The fourth-order valence-corrected chi connectivity index (χ4v) is 3.74. The predicted octanol–water partition coefficient (Wildman–Crippen LogP) is 1.17. The van der Waals surface area contributed by atoms with E-state index in [2.05, 4.69) is 9.97 Å². The van der Waals surface area contributed by atoms with Crippen molar-refractivity contribution in [3.63, 3.8) is 0 Å². The number of nitrogens with zero attached hydrogens (tertiary/aromatic N) is 2. The fourth-order valence-electron chi connectivity index (χ4n) is 1.69. The van der Waals surface area contributed by atoms with E-state index in [1.54, 1.807) is 6.20 Å². The van der Waals surface area contributed by atoms with Crippen LogP contribution in [0.2, 0.25) is 0 Å². The molecule has 18 heavy (non-hydrogen) atoms. The number of hydrogen-bond donors (Lipinski definition) is 0. The van der Waals surface area contributed by atoms with Gasteiger partial charge in [-0.05, 0) is 0 Å². The Hall–Kier alpha value is -1.90. The predicted molar refractivity (Wildman–Crippen MR) is 71.7 cm³/mol. The van der Waals surface area contributed by atoms with Gasteiger partial charge in [0, 0.05) is 0 Å². The van der Waals surface area contributed by atoms with Crippen molar-refractivity contribution in [2.45, 2.75) is 0 Å². The van der Waals surface area contributed by atoms with Gasteiger partial charge in [-0.25, -0.2) is 0 Å². The molecule has 88 valence electrons. The molecule has 1 aromatic heterocycles. The van der Waals surface area contributed by atoms with Gasteiger partial charge in [0.2, 0.25) is 0 Å². The van der Waals surface area contributed by atoms with Gasteiger partial charge in [0.15, 0.2) is 0 Å². The first kappa shape index (κ1) is 11.2. The monoisotopic (exact) mass is 302 g/mol. The SMILES string of the molecule is O=[Se](c1ccccc1)c1cnc2ccccc2n1. The Morgan fingerprint density at radius 1 is 0.833 bits per heavy atom. The van der Waals surface area contributed by atoms with Crippen molar-refractivity contribution in [3.8, 4) is 0 Å². The molecule has 0 amide bonds. The number of aromatic nitrogens is 2. The van der Waals surface area contributed by atoms with E-state index in [4.69, 9.17) is 0 Å². The Kier molecular flexibility index (Phi) is 2.97. The Balaban J connectivity index is 2.07. The van der Waals surface area contributed by atoms with Gasteiger partial charge in [-0.3, -0.25) is 0 Å². The molecule has 0 saturated heterocycles. The molecule has 3 rings (SSSR count). The Morgan fingerprint density at radius 3 is 2.28 bits per heavy atom. The summed E-state index contributed by atoms with van der Waals surface area (Å²) in [7, 11) is 0. The third-order valence-electron chi connectivity index (χ3n) is 2.57. The standard InChI is InChI=1S/C14H10N2OSe/c17-18(11-6-2-1-3-7-11)14-10-15-12-8-4-5-9-13(12)16-14/h1-10H. The van der Waals surface area contributed by atoms with Crippen LogP contribution in [0.25, 0.3) is 11.0 Å². The number of benzene rings is 2. The van der Waals surface area contributed by atoms with Crippen molar-refractivity contribution in [2.75, 3.05) is 0 Å². The molecule has 0 saturated carbocycles. The zero-order valence-electron chi connectivity index (χ0n) is 9.48. The average Bonchev–Trinajstić information content (AvgIpc) is 2.47. The molecule has 3 nitrogen and oxygen atoms in total. The minimum atomic E-state index is -2.30. The van der Waals surface area contributed by atoms with Gasteiger partial charge in [0.25, 0.3) is 0 Å². The first-order valence-corrected chi connectivity index (χ1v) is 7.94. The number of fused-ring (bicyclic) bond motifs is 1. The summed E-state index contributed by atoms with van der Waals surface area (Å²) >= 11 is -2.30. The van der Waals surface area contributed by atoms with E-state index in [0.717, 1.165) is 15.5 Å². The zero-order valence-corrected chi connectivity index (χ0v) is 11.2. The first-order chi connectivity index (χ1) is 8.84. The van der Waals surface area contributed by atoms with E-state index < -0.39 is 13.8 Å². The molecular formula is C14H10N2OSe. The minimum absolute atomic E-state index is 0.583. The molecule has 1 heterocycles. The van der Waals surface area contributed by atoms with Crippen LogP contribution in [0.4, 0.5) is 0 Å². The van der Waals surface area contributed by atoms with Gasteiger partial charge in [-0.2, -0.15) is 0 Å².